The second-order valence-corrected chi connectivity index (χ2v) is 9.18. The lowest BCUT2D eigenvalue weighted by molar-refractivity contribution is 0.268. The number of rotatable bonds is 4. The third-order valence-corrected chi connectivity index (χ3v) is 5.30. The number of hydrogen-bond acceptors (Lipinski definition) is 3. The topological polar surface area (TPSA) is 58.2 Å². The SMILES string of the molecule is CC(C)(C)CC(C)(C)NS(=O)(=O)C1CCNCC1. The first-order valence-electron chi connectivity index (χ1n) is 6.75. The van der Waals surface area contributed by atoms with Crippen LogP contribution in [-0.4, -0.2) is 32.3 Å². The van der Waals surface area contributed by atoms with Crippen molar-refractivity contribution in [2.75, 3.05) is 13.1 Å². The zero-order valence-electron chi connectivity index (χ0n) is 12.3. The normalized spacial score (nSPS) is 20.1. The summed E-state index contributed by atoms with van der Waals surface area (Å²) in [6.45, 7) is 11.9. The van der Waals surface area contributed by atoms with Gasteiger partial charge in [0, 0.05) is 5.54 Å². The Labute approximate surface area is 112 Å². The summed E-state index contributed by atoms with van der Waals surface area (Å²) in [5.74, 6) is 0. The third-order valence-electron chi connectivity index (χ3n) is 3.12. The molecule has 0 aliphatic carbocycles. The fraction of sp³-hybridized carbons (Fsp3) is 1.00. The van der Waals surface area contributed by atoms with E-state index in [4.69, 9.17) is 0 Å². The van der Waals surface area contributed by atoms with Gasteiger partial charge in [-0.25, -0.2) is 13.1 Å². The Bertz CT molecular complexity index is 363. The van der Waals surface area contributed by atoms with E-state index >= 15 is 0 Å². The van der Waals surface area contributed by atoms with E-state index in [2.05, 4.69) is 30.8 Å². The fourth-order valence-electron chi connectivity index (χ4n) is 2.94. The van der Waals surface area contributed by atoms with Gasteiger partial charge in [0.05, 0.1) is 5.25 Å². The Kier molecular flexibility index (Phi) is 4.84. The van der Waals surface area contributed by atoms with Gasteiger partial charge in [0.2, 0.25) is 10.0 Å². The maximum absolute atomic E-state index is 12.3. The first-order valence-corrected chi connectivity index (χ1v) is 8.30. The number of hydrogen-bond donors (Lipinski definition) is 2. The van der Waals surface area contributed by atoms with Gasteiger partial charge in [-0.1, -0.05) is 20.8 Å². The quantitative estimate of drug-likeness (QED) is 0.824. The minimum Gasteiger partial charge on any atom is -0.317 e. The first-order chi connectivity index (χ1) is 8.02. The molecule has 1 heterocycles. The molecule has 2 N–H and O–H groups in total. The molecular weight excluding hydrogens is 248 g/mol. The largest absolute Gasteiger partial charge is 0.317 e. The molecule has 108 valence electrons. The van der Waals surface area contributed by atoms with Crippen LogP contribution in [0, 0.1) is 5.41 Å². The third kappa shape index (κ3) is 5.24. The lowest BCUT2D eigenvalue weighted by atomic mass is 9.82. The molecule has 0 amide bonds. The highest BCUT2D eigenvalue weighted by molar-refractivity contribution is 7.90. The molecule has 1 fully saturated rings. The lowest BCUT2D eigenvalue weighted by Gasteiger charge is -2.35. The summed E-state index contributed by atoms with van der Waals surface area (Å²) in [4.78, 5) is 0. The van der Waals surface area contributed by atoms with E-state index in [9.17, 15) is 8.42 Å². The van der Waals surface area contributed by atoms with Crippen molar-refractivity contribution in [2.45, 2.75) is 64.7 Å². The van der Waals surface area contributed by atoms with Gasteiger partial charge in [-0.2, -0.15) is 0 Å². The van der Waals surface area contributed by atoms with Gasteiger partial charge < -0.3 is 5.32 Å². The summed E-state index contributed by atoms with van der Waals surface area (Å²) in [7, 11) is -3.20. The highest BCUT2D eigenvalue weighted by Gasteiger charge is 2.34. The van der Waals surface area contributed by atoms with Crippen molar-refractivity contribution in [1.82, 2.24) is 10.0 Å². The predicted molar refractivity (Wildman–Crippen MR) is 76.1 cm³/mol. The van der Waals surface area contributed by atoms with E-state index in [-0.39, 0.29) is 16.2 Å². The summed E-state index contributed by atoms with van der Waals surface area (Å²) in [5.41, 5.74) is -0.276. The average Bonchev–Trinajstić information content (AvgIpc) is 2.13. The molecule has 0 saturated carbocycles. The molecule has 0 aromatic heterocycles. The fourth-order valence-corrected chi connectivity index (χ4v) is 4.80. The Balaban J connectivity index is 2.69. The van der Waals surface area contributed by atoms with Crippen molar-refractivity contribution in [3.63, 3.8) is 0 Å². The van der Waals surface area contributed by atoms with Gasteiger partial charge in [-0.05, 0) is 51.6 Å². The highest BCUT2D eigenvalue weighted by atomic mass is 32.2. The minimum absolute atomic E-state index is 0.111. The molecule has 1 aliphatic rings. The monoisotopic (exact) mass is 276 g/mol. The smallest absolute Gasteiger partial charge is 0.215 e. The van der Waals surface area contributed by atoms with Crippen LogP contribution in [0.3, 0.4) is 0 Å². The molecule has 0 radical (unpaired) electrons. The predicted octanol–water partition coefficient (Wildman–Crippen LogP) is 1.87. The van der Waals surface area contributed by atoms with Crippen LogP contribution in [0.25, 0.3) is 0 Å². The molecule has 5 heteroatoms. The molecule has 0 aromatic carbocycles. The summed E-state index contributed by atoms with van der Waals surface area (Å²) in [6, 6.07) is 0. The van der Waals surface area contributed by atoms with Crippen molar-refractivity contribution in [2.24, 2.45) is 5.41 Å². The Hall–Kier alpha value is -0.130. The van der Waals surface area contributed by atoms with Crippen molar-refractivity contribution < 1.29 is 8.42 Å². The van der Waals surface area contributed by atoms with Crippen LogP contribution in [0.2, 0.25) is 0 Å². The van der Waals surface area contributed by atoms with Crippen molar-refractivity contribution in [1.29, 1.82) is 0 Å². The van der Waals surface area contributed by atoms with Crippen LogP contribution in [0.5, 0.6) is 0 Å². The average molecular weight is 276 g/mol. The Morgan fingerprint density at radius 1 is 1.11 bits per heavy atom. The summed E-state index contributed by atoms with van der Waals surface area (Å²) in [6.07, 6.45) is 2.24. The van der Waals surface area contributed by atoms with Gasteiger partial charge in [0.25, 0.3) is 0 Å². The lowest BCUT2D eigenvalue weighted by Crippen LogP contribution is -2.51. The number of sulfonamides is 1. The summed E-state index contributed by atoms with van der Waals surface area (Å²) >= 11 is 0. The molecule has 0 spiro atoms. The second kappa shape index (κ2) is 5.47. The molecular formula is C13H28N2O2S. The van der Waals surface area contributed by atoms with Crippen molar-refractivity contribution >= 4 is 10.0 Å². The van der Waals surface area contributed by atoms with E-state index < -0.39 is 10.0 Å². The molecule has 0 atom stereocenters. The maximum Gasteiger partial charge on any atom is 0.215 e. The van der Waals surface area contributed by atoms with Gasteiger partial charge >= 0.3 is 0 Å². The van der Waals surface area contributed by atoms with Crippen LogP contribution >= 0.6 is 0 Å². The molecule has 1 aliphatic heterocycles. The molecule has 0 bridgehead atoms. The molecule has 0 unspecified atom stereocenters. The Morgan fingerprint density at radius 3 is 2.06 bits per heavy atom. The van der Waals surface area contributed by atoms with E-state index in [1.165, 1.54) is 0 Å². The van der Waals surface area contributed by atoms with Crippen LogP contribution in [0.15, 0.2) is 0 Å². The zero-order chi connectivity index (χ0) is 14.0. The maximum atomic E-state index is 12.3. The van der Waals surface area contributed by atoms with Gasteiger partial charge in [0.1, 0.15) is 0 Å². The standard InChI is InChI=1S/C13H28N2O2S/c1-12(2,3)10-13(4,5)15-18(16,17)11-6-8-14-9-7-11/h11,14-15H,6-10H2,1-5H3. The molecule has 0 aromatic rings. The van der Waals surface area contributed by atoms with E-state index in [0.717, 1.165) is 19.5 Å². The zero-order valence-corrected chi connectivity index (χ0v) is 13.2. The second-order valence-electron chi connectivity index (χ2n) is 7.22. The van der Waals surface area contributed by atoms with Crippen LogP contribution in [0.4, 0.5) is 0 Å². The first kappa shape index (κ1) is 15.9. The Morgan fingerprint density at radius 2 is 1.61 bits per heavy atom. The van der Waals surface area contributed by atoms with E-state index in [1.807, 2.05) is 13.8 Å². The molecule has 4 nitrogen and oxygen atoms in total. The van der Waals surface area contributed by atoms with Crippen molar-refractivity contribution in [3.8, 4) is 0 Å². The van der Waals surface area contributed by atoms with Gasteiger partial charge in [-0.3, -0.25) is 0 Å². The van der Waals surface area contributed by atoms with Gasteiger partial charge in [-0.15, -0.1) is 0 Å². The molecule has 1 rings (SSSR count). The van der Waals surface area contributed by atoms with E-state index in [1.54, 1.807) is 0 Å². The summed E-state index contributed by atoms with van der Waals surface area (Å²) < 4.78 is 27.6. The minimum atomic E-state index is -3.20. The van der Waals surface area contributed by atoms with Crippen LogP contribution < -0.4 is 10.0 Å². The van der Waals surface area contributed by atoms with Crippen LogP contribution in [0.1, 0.15) is 53.9 Å². The highest BCUT2D eigenvalue weighted by Crippen LogP contribution is 2.28. The van der Waals surface area contributed by atoms with Crippen molar-refractivity contribution in [3.05, 3.63) is 0 Å². The molecule has 1 saturated heterocycles. The van der Waals surface area contributed by atoms with Crippen LogP contribution in [-0.2, 0) is 10.0 Å². The number of piperidine rings is 1. The molecule has 18 heavy (non-hydrogen) atoms. The van der Waals surface area contributed by atoms with E-state index in [0.29, 0.717) is 12.8 Å². The number of nitrogens with one attached hydrogen (secondary N) is 2. The summed E-state index contributed by atoms with van der Waals surface area (Å²) in [5, 5.41) is 2.96. The van der Waals surface area contributed by atoms with Gasteiger partial charge in [0.15, 0.2) is 0 Å².